The first kappa shape index (κ1) is 34.2. The highest BCUT2D eigenvalue weighted by Crippen LogP contribution is 2.50. The second-order valence-corrected chi connectivity index (χ2v) is 13.8. The van der Waals surface area contributed by atoms with E-state index >= 15 is 0 Å². The van der Waals surface area contributed by atoms with Crippen molar-refractivity contribution in [2.24, 2.45) is 0 Å². The van der Waals surface area contributed by atoms with Gasteiger partial charge in [0.1, 0.15) is 23.7 Å². The molecule has 6 N–H and O–H groups in total. The number of phenolic OH excluding ortho intramolecular Hbond substituents is 2. The average Bonchev–Trinajstić information content (AvgIpc) is 3.01. The van der Waals surface area contributed by atoms with Crippen LogP contribution in [-0.4, -0.2) is 122 Å². The average molecular weight is 660 g/mol. The molecule has 13 nitrogen and oxygen atoms in total. The van der Waals surface area contributed by atoms with Gasteiger partial charge in [0.05, 0.1) is 40.6 Å². The molecule has 3 aliphatic carbocycles. The predicted molar refractivity (Wildman–Crippen MR) is 165 cm³/mol. The van der Waals surface area contributed by atoms with Crippen LogP contribution in [0.2, 0.25) is 0 Å². The minimum atomic E-state index is -2.30. The number of benzene rings is 1. The van der Waals surface area contributed by atoms with Crippen LogP contribution in [-0.2, 0) is 31.8 Å². The molecule has 2 heterocycles. The first-order chi connectivity index (χ1) is 22.1. The van der Waals surface area contributed by atoms with Crippen LogP contribution < -0.4 is 0 Å². The molecule has 10 atom stereocenters. The number of aliphatic hydroxyl groups excluding tert-OH is 2. The highest BCUT2D eigenvalue weighted by Gasteiger charge is 2.52. The normalized spacial score (nSPS) is 38.8. The van der Waals surface area contributed by atoms with Crippen LogP contribution in [0.5, 0.6) is 11.5 Å². The number of Topliss-reactive ketones (excluding diaryl/α,β-unsaturated/α-hetero) is 2. The van der Waals surface area contributed by atoms with Crippen LogP contribution in [0.1, 0.15) is 84.7 Å². The Labute approximate surface area is 273 Å². The molecule has 0 radical (unpaired) electrons. The van der Waals surface area contributed by atoms with Gasteiger partial charge in [-0.15, -0.1) is 0 Å². The number of likely N-dealkylation sites (N-methyl/N-ethyl adjacent to an activating group) is 1. The second kappa shape index (κ2) is 12.3. The van der Waals surface area contributed by atoms with Gasteiger partial charge in [0.15, 0.2) is 24.1 Å². The molecule has 2 aliphatic heterocycles. The standard InChI is InChI=1S/C34H45NO12/c1-6-33(42)11-9-17-19(14-33)30(40)24-25(28(17)38)31(41)26-18(29(24)39)8-7-10-34(26,43)47-23-12-20(35(4)5)32(16(3)45-23)46-22-13-21(36)27(37)15(2)44-22/h7-8,15-16,20-23,27,32,36-38,40,42-43H,6,9-14H2,1-5H3/t15-,16-,20-,21-,22-,23-,27+,32+,33+,34-/m0/s1. The van der Waals surface area contributed by atoms with Crippen LogP contribution in [0.4, 0.5) is 0 Å². The van der Waals surface area contributed by atoms with Crippen molar-refractivity contribution in [2.75, 3.05) is 14.1 Å². The highest BCUT2D eigenvalue weighted by atomic mass is 16.8. The van der Waals surface area contributed by atoms with Crippen LogP contribution in [0.25, 0.3) is 0 Å². The van der Waals surface area contributed by atoms with E-state index in [0.29, 0.717) is 18.4 Å². The molecular formula is C34H45NO12. The molecule has 5 aliphatic rings. The van der Waals surface area contributed by atoms with E-state index in [1.54, 1.807) is 13.8 Å². The van der Waals surface area contributed by atoms with Crippen molar-refractivity contribution in [3.05, 3.63) is 45.6 Å². The fourth-order valence-electron chi connectivity index (χ4n) is 7.69. The molecule has 1 aromatic carbocycles. The fourth-order valence-corrected chi connectivity index (χ4v) is 7.69. The lowest BCUT2D eigenvalue weighted by atomic mass is 9.71. The van der Waals surface area contributed by atoms with Crippen molar-refractivity contribution in [1.29, 1.82) is 0 Å². The summed E-state index contributed by atoms with van der Waals surface area (Å²) in [4.78, 5) is 30.0. The summed E-state index contributed by atoms with van der Waals surface area (Å²) in [6.45, 7) is 5.23. The smallest absolute Gasteiger partial charge is 0.203 e. The van der Waals surface area contributed by atoms with Gasteiger partial charge in [-0.25, -0.2) is 0 Å². The Morgan fingerprint density at radius 2 is 1.62 bits per heavy atom. The zero-order valence-electron chi connectivity index (χ0n) is 27.3. The number of carbonyl (C=O) groups is 2. The Morgan fingerprint density at radius 3 is 2.28 bits per heavy atom. The van der Waals surface area contributed by atoms with Crippen molar-refractivity contribution in [3.8, 4) is 11.5 Å². The molecule has 47 heavy (non-hydrogen) atoms. The largest absolute Gasteiger partial charge is 0.507 e. The summed E-state index contributed by atoms with van der Waals surface area (Å²) >= 11 is 0. The Kier molecular flexibility index (Phi) is 8.94. The number of aromatic hydroxyl groups is 2. The summed E-state index contributed by atoms with van der Waals surface area (Å²) < 4.78 is 24.4. The number of hydrogen-bond acceptors (Lipinski definition) is 13. The zero-order chi connectivity index (χ0) is 34.2. The van der Waals surface area contributed by atoms with Gasteiger partial charge in [-0.1, -0.05) is 19.1 Å². The monoisotopic (exact) mass is 659 g/mol. The molecular weight excluding hydrogens is 614 g/mol. The van der Waals surface area contributed by atoms with Gasteiger partial charge in [-0.05, 0) is 47.2 Å². The van der Waals surface area contributed by atoms with Gasteiger partial charge in [0.2, 0.25) is 5.79 Å². The number of hydrogen-bond donors (Lipinski definition) is 6. The van der Waals surface area contributed by atoms with Crippen LogP contribution in [0.3, 0.4) is 0 Å². The van der Waals surface area contributed by atoms with Gasteiger partial charge in [-0.2, -0.15) is 0 Å². The van der Waals surface area contributed by atoms with E-state index in [0.717, 1.165) is 0 Å². The van der Waals surface area contributed by atoms with Crippen molar-refractivity contribution in [1.82, 2.24) is 4.90 Å². The molecule has 0 amide bonds. The number of rotatable bonds is 6. The zero-order valence-corrected chi connectivity index (χ0v) is 27.3. The molecule has 2 saturated heterocycles. The molecule has 13 heteroatoms. The van der Waals surface area contributed by atoms with E-state index in [-0.39, 0.29) is 60.4 Å². The maximum atomic E-state index is 14.2. The summed E-state index contributed by atoms with van der Waals surface area (Å²) in [7, 11) is 3.69. The topological polar surface area (TPSA) is 196 Å². The first-order valence-corrected chi connectivity index (χ1v) is 16.3. The lowest BCUT2D eigenvalue weighted by Gasteiger charge is -2.47. The Balaban J connectivity index is 1.27. The van der Waals surface area contributed by atoms with Gasteiger partial charge in [-0.3, -0.25) is 9.59 Å². The Morgan fingerprint density at radius 1 is 0.957 bits per heavy atom. The lowest BCUT2D eigenvalue weighted by Crippen LogP contribution is -2.58. The predicted octanol–water partition coefficient (Wildman–Crippen LogP) is 1.38. The summed E-state index contributed by atoms with van der Waals surface area (Å²) in [6.07, 6.45) is -1.80. The number of ether oxygens (including phenoxy) is 4. The lowest BCUT2D eigenvalue weighted by molar-refractivity contribution is -0.333. The molecule has 6 rings (SSSR count). The molecule has 0 unspecified atom stereocenters. The summed E-state index contributed by atoms with van der Waals surface area (Å²) in [5.41, 5.74) is -1.84. The third-order valence-electron chi connectivity index (χ3n) is 10.5. The molecule has 0 saturated carbocycles. The quantitative estimate of drug-likeness (QED) is 0.190. The fraction of sp³-hybridized carbons (Fsp3) is 0.647. The Hall–Kier alpha value is -2.72. The van der Waals surface area contributed by atoms with Crippen LogP contribution >= 0.6 is 0 Å². The summed E-state index contributed by atoms with van der Waals surface area (Å²) in [5.74, 6) is -4.78. The maximum Gasteiger partial charge on any atom is 0.203 e. The van der Waals surface area contributed by atoms with E-state index in [2.05, 4.69) is 0 Å². The number of phenols is 2. The number of nitrogens with zero attached hydrogens (tertiary/aromatic N) is 1. The molecule has 0 spiro atoms. The van der Waals surface area contributed by atoms with Crippen molar-refractivity contribution < 1.29 is 59.2 Å². The number of aliphatic hydroxyl groups is 4. The molecule has 1 aromatic rings. The highest BCUT2D eigenvalue weighted by molar-refractivity contribution is 6.30. The van der Waals surface area contributed by atoms with Crippen molar-refractivity contribution >= 4 is 11.6 Å². The minimum absolute atomic E-state index is 0.0190. The minimum Gasteiger partial charge on any atom is -0.507 e. The van der Waals surface area contributed by atoms with Gasteiger partial charge in [0.25, 0.3) is 0 Å². The third-order valence-corrected chi connectivity index (χ3v) is 10.5. The second-order valence-electron chi connectivity index (χ2n) is 13.8. The van der Waals surface area contributed by atoms with E-state index in [1.807, 2.05) is 25.9 Å². The number of allylic oxidation sites excluding steroid dienone is 2. The van der Waals surface area contributed by atoms with Crippen LogP contribution in [0, 0.1) is 0 Å². The number of fused-ring (bicyclic) bond motifs is 2. The van der Waals surface area contributed by atoms with Gasteiger partial charge in [0, 0.05) is 48.4 Å². The number of carbonyl (C=O) groups excluding carboxylic acids is 2. The molecule has 0 aromatic heterocycles. The summed E-state index contributed by atoms with van der Waals surface area (Å²) in [6, 6.07) is -0.332. The maximum absolute atomic E-state index is 14.2. The van der Waals surface area contributed by atoms with Crippen molar-refractivity contribution in [2.45, 2.75) is 126 Å². The van der Waals surface area contributed by atoms with E-state index in [4.69, 9.17) is 18.9 Å². The van der Waals surface area contributed by atoms with Gasteiger partial charge >= 0.3 is 0 Å². The third kappa shape index (κ3) is 5.75. The Bertz CT molecular complexity index is 1510. The first-order valence-electron chi connectivity index (χ1n) is 16.3. The number of ketones is 2. The SMILES string of the molecule is CC[C@@]1(O)CCc2c(O)c3c(c(O)c2C1)C(=O)C1=C(C3=O)[C@@](O)(O[C@H]2C[C@H](N(C)C)[C@H](O[C@H]3C[C@H](O)[C@H](O)[C@H](C)O3)[C@H](C)O2)CC=C1. The molecule has 2 fully saturated rings. The molecule has 0 bridgehead atoms. The van der Waals surface area contributed by atoms with E-state index < -0.39 is 83.1 Å². The summed E-state index contributed by atoms with van der Waals surface area (Å²) in [5, 5.41) is 65.8. The van der Waals surface area contributed by atoms with E-state index in [1.165, 1.54) is 12.2 Å². The van der Waals surface area contributed by atoms with Crippen LogP contribution in [0.15, 0.2) is 23.3 Å². The van der Waals surface area contributed by atoms with Crippen molar-refractivity contribution in [3.63, 3.8) is 0 Å². The van der Waals surface area contributed by atoms with E-state index in [9.17, 15) is 40.2 Å². The molecule has 258 valence electrons. The van der Waals surface area contributed by atoms with Gasteiger partial charge < -0.3 is 54.5 Å².